The second-order valence-corrected chi connectivity index (χ2v) is 11.0. The van der Waals surface area contributed by atoms with Crippen LogP contribution in [0.2, 0.25) is 0 Å². The van der Waals surface area contributed by atoms with E-state index in [9.17, 15) is 14.4 Å². The predicted molar refractivity (Wildman–Crippen MR) is 174 cm³/mol. The number of carbonyl (C=O) groups is 3. The molecule has 0 atom stereocenters. The van der Waals surface area contributed by atoms with Crippen molar-refractivity contribution >= 4 is 17.5 Å². The molecule has 0 spiro atoms. The van der Waals surface area contributed by atoms with Gasteiger partial charge in [-0.05, 0) is 73.9 Å². The molecule has 0 aromatic heterocycles. The topological polar surface area (TPSA) is 54.5 Å². The van der Waals surface area contributed by atoms with Gasteiger partial charge in [-0.3, -0.25) is 14.4 Å². The van der Waals surface area contributed by atoms with E-state index in [4.69, 9.17) is 0 Å². The average Bonchev–Trinajstić information content (AvgIpc) is 3.02. The van der Waals surface area contributed by atoms with Gasteiger partial charge in [-0.2, -0.15) is 0 Å². The van der Waals surface area contributed by atoms with Gasteiger partial charge in [-0.25, -0.2) is 0 Å². The zero-order chi connectivity index (χ0) is 30.7. The van der Waals surface area contributed by atoms with Crippen LogP contribution in [0.15, 0.2) is 115 Å². The highest BCUT2D eigenvalue weighted by Crippen LogP contribution is 2.37. The van der Waals surface area contributed by atoms with Crippen molar-refractivity contribution < 1.29 is 14.4 Å². The molecule has 4 nitrogen and oxygen atoms in total. The van der Waals surface area contributed by atoms with Crippen molar-refractivity contribution in [2.75, 3.05) is 13.1 Å². The average molecular weight is 562 g/mol. The van der Waals surface area contributed by atoms with Crippen LogP contribution in [-0.2, 0) is 10.2 Å². The lowest BCUT2D eigenvalue weighted by Crippen LogP contribution is -2.48. The molecular weight excluding hydrogens is 518 g/mol. The third-order valence-electron chi connectivity index (χ3n) is 8.09. The van der Waals surface area contributed by atoms with E-state index in [-0.39, 0.29) is 17.5 Å². The number of likely N-dealkylation sites (tertiary alicyclic amines) is 1. The Morgan fingerprint density at radius 3 is 1.76 bits per heavy atom. The molecule has 1 aliphatic heterocycles. The summed E-state index contributed by atoms with van der Waals surface area (Å²) in [6.45, 7) is 14.4. The standard InChI is InChI=1S/C28H27NO3.C10H16/c1-20(30)22-8-10-23(11-9-22)24-12-14-25(15-13-24)27(32)29-18-16-28(17-19-29,21(2)31)26-6-4-3-5-7-26;1-5-7-8-10(6-2)9(3)4/h3-15H,16-19H2,1-2H3;5-9H,1H2,2-4H3/b;8-7-,10-6+. The Labute approximate surface area is 251 Å². The van der Waals surface area contributed by atoms with Gasteiger partial charge in [-0.15, -0.1) is 0 Å². The summed E-state index contributed by atoms with van der Waals surface area (Å²) in [4.78, 5) is 39.0. The molecule has 0 saturated carbocycles. The first-order valence-corrected chi connectivity index (χ1v) is 14.7. The molecule has 0 N–H and O–H groups in total. The summed E-state index contributed by atoms with van der Waals surface area (Å²) in [6.07, 6.45) is 9.26. The summed E-state index contributed by atoms with van der Waals surface area (Å²) in [5.74, 6) is 0.811. The van der Waals surface area contributed by atoms with E-state index in [0.717, 1.165) is 16.7 Å². The first kappa shape index (κ1) is 32.2. The number of hydrogen-bond donors (Lipinski definition) is 0. The fourth-order valence-corrected chi connectivity index (χ4v) is 5.38. The third-order valence-corrected chi connectivity index (χ3v) is 8.09. The van der Waals surface area contributed by atoms with E-state index < -0.39 is 5.41 Å². The lowest BCUT2D eigenvalue weighted by molar-refractivity contribution is -0.124. The van der Waals surface area contributed by atoms with Crippen molar-refractivity contribution in [3.05, 3.63) is 132 Å². The smallest absolute Gasteiger partial charge is 0.253 e. The predicted octanol–water partition coefficient (Wildman–Crippen LogP) is 8.65. The van der Waals surface area contributed by atoms with Crippen LogP contribution in [0.4, 0.5) is 0 Å². The molecule has 0 aliphatic carbocycles. The van der Waals surface area contributed by atoms with Crippen LogP contribution in [0, 0.1) is 5.92 Å². The van der Waals surface area contributed by atoms with Crippen LogP contribution in [0.1, 0.15) is 73.7 Å². The second kappa shape index (κ2) is 15.1. The summed E-state index contributed by atoms with van der Waals surface area (Å²) in [6, 6.07) is 25.0. The van der Waals surface area contributed by atoms with Gasteiger partial charge in [0.05, 0.1) is 5.41 Å². The van der Waals surface area contributed by atoms with E-state index >= 15 is 0 Å². The van der Waals surface area contributed by atoms with Gasteiger partial charge in [0.15, 0.2) is 5.78 Å². The second-order valence-electron chi connectivity index (χ2n) is 11.0. The minimum Gasteiger partial charge on any atom is -0.339 e. The number of rotatable bonds is 8. The third kappa shape index (κ3) is 7.91. The van der Waals surface area contributed by atoms with Crippen molar-refractivity contribution in [1.82, 2.24) is 4.90 Å². The molecule has 1 fully saturated rings. The maximum Gasteiger partial charge on any atom is 0.253 e. The molecule has 0 bridgehead atoms. The number of ketones is 2. The maximum atomic E-state index is 13.1. The monoisotopic (exact) mass is 561 g/mol. The van der Waals surface area contributed by atoms with Crippen LogP contribution >= 0.6 is 0 Å². The van der Waals surface area contributed by atoms with Gasteiger partial charge in [0.2, 0.25) is 0 Å². The minimum atomic E-state index is -0.506. The van der Waals surface area contributed by atoms with Gasteiger partial charge in [0.1, 0.15) is 5.78 Å². The van der Waals surface area contributed by atoms with Gasteiger partial charge in [0.25, 0.3) is 5.91 Å². The molecule has 1 saturated heterocycles. The van der Waals surface area contributed by atoms with Crippen molar-refractivity contribution in [1.29, 1.82) is 0 Å². The molecule has 218 valence electrons. The summed E-state index contributed by atoms with van der Waals surface area (Å²) in [7, 11) is 0. The molecule has 0 unspecified atom stereocenters. The SMILES string of the molecule is C=C/C=C\C(=C/C)C(C)C.CC(=O)c1ccc(-c2ccc(C(=O)N3CCC(C(C)=O)(c4ccccc4)CC3)cc2)cc1. The van der Waals surface area contributed by atoms with Gasteiger partial charge >= 0.3 is 0 Å². The molecule has 1 aliphatic rings. The number of Topliss-reactive ketones (excluding diaryl/α,β-unsaturated/α-hetero) is 2. The highest BCUT2D eigenvalue weighted by molar-refractivity contribution is 5.96. The lowest BCUT2D eigenvalue weighted by atomic mass is 9.70. The van der Waals surface area contributed by atoms with E-state index in [1.165, 1.54) is 5.57 Å². The Balaban J connectivity index is 0.000000416. The van der Waals surface area contributed by atoms with Crippen LogP contribution < -0.4 is 0 Å². The van der Waals surface area contributed by atoms with Crippen molar-refractivity contribution in [3.8, 4) is 11.1 Å². The minimum absolute atomic E-state index is 0.00584. The van der Waals surface area contributed by atoms with Gasteiger partial charge in [0, 0.05) is 24.2 Å². The normalized spacial score (nSPS) is 14.7. The number of amides is 1. The number of hydrogen-bond acceptors (Lipinski definition) is 3. The molecule has 0 radical (unpaired) electrons. The molecule has 42 heavy (non-hydrogen) atoms. The van der Waals surface area contributed by atoms with E-state index in [1.54, 1.807) is 19.9 Å². The van der Waals surface area contributed by atoms with Gasteiger partial charge < -0.3 is 4.90 Å². The van der Waals surface area contributed by atoms with E-state index in [2.05, 4.69) is 39.5 Å². The summed E-state index contributed by atoms with van der Waals surface area (Å²) in [5.41, 5.74) is 5.22. The molecule has 4 heteroatoms. The Morgan fingerprint density at radius 2 is 1.33 bits per heavy atom. The molecule has 1 amide bonds. The highest BCUT2D eigenvalue weighted by atomic mass is 16.2. The Hall–Kier alpha value is -4.31. The van der Waals surface area contributed by atoms with Crippen LogP contribution in [0.25, 0.3) is 11.1 Å². The number of allylic oxidation sites excluding steroid dienone is 5. The van der Waals surface area contributed by atoms with Crippen molar-refractivity contribution in [2.45, 2.75) is 52.9 Å². The highest BCUT2D eigenvalue weighted by Gasteiger charge is 2.41. The Bertz CT molecular complexity index is 1420. The maximum absolute atomic E-state index is 13.1. The van der Waals surface area contributed by atoms with E-state index in [1.807, 2.05) is 89.8 Å². The lowest BCUT2D eigenvalue weighted by Gasteiger charge is -2.40. The summed E-state index contributed by atoms with van der Waals surface area (Å²) in [5, 5.41) is 0. The number of nitrogens with zero attached hydrogens (tertiary/aromatic N) is 1. The van der Waals surface area contributed by atoms with Crippen LogP contribution in [0.3, 0.4) is 0 Å². The number of carbonyl (C=O) groups excluding carboxylic acids is 3. The Morgan fingerprint density at radius 1 is 0.810 bits per heavy atom. The summed E-state index contributed by atoms with van der Waals surface area (Å²) >= 11 is 0. The fraction of sp³-hybridized carbons (Fsp3) is 0.289. The van der Waals surface area contributed by atoms with Gasteiger partial charge in [-0.1, -0.05) is 111 Å². The van der Waals surface area contributed by atoms with Crippen molar-refractivity contribution in [2.24, 2.45) is 5.92 Å². The Kier molecular flexibility index (Phi) is 11.6. The number of benzene rings is 3. The first-order valence-electron chi connectivity index (χ1n) is 14.7. The van der Waals surface area contributed by atoms with Crippen LogP contribution in [-0.4, -0.2) is 35.5 Å². The van der Waals surface area contributed by atoms with E-state index in [0.29, 0.717) is 43.0 Å². The molecule has 3 aromatic carbocycles. The summed E-state index contributed by atoms with van der Waals surface area (Å²) < 4.78 is 0. The zero-order valence-corrected chi connectivity index (χ0v) is 25.6. The zero-order valence-electron chi connectivity index (χ0n) is 25.6. The molecule has 4 rings (SSSR count). The fourth-order valence-electron chi connectivity index (χ4n) is 5.38. The quantitative estimate of drug-likeness (QED) is 0.204. The molecular formula is C38H43NO3. The molecule has 1 heterocycles. The van der Waals surface area contributed by atoms with Crippen molar-refractivity contribution in [3.63, 3.8) is 0 Å². The number of piperidine rings is 1. The largest absolute Gasteiger partial charge is 0.339 e. The van der Waals surface area contributed by atoms with Crippen LogP contribution in [0.5, 0.6) is 0 Å². The molecule has 3 aromatic rings. The first-order chi connectivity index (χ1) is 20.1.